The van der Waals surface area contributed by atoms with E-state index in [1.54, 1.807) is 0 Å². The molecule has 0 radical (unpaired) electrons. The van der Waals surface area contributed by atoms with Crippen molar-refractivity contribution in [2.24, 2.45) is 11.1 Å². The summed E-state index contributed by atoms with van der Waals surface area (Å²) < 4.78 is 0. The molecule has 1 saturated heterocycles. The van der Waals surface area contributed by atoms with E-state index >= 15 is 0 Å². The molecule has 1 heterocycles. The van der Waals surface area contributed by atoms with Gasteiger partial charge in [-0.15, -0.1) is 0 Å². The van der Waals surface area contributed by atoms with Gasteiger partial charge in [-0.1, -0.05) is 6.92 Å². The van der Waals surface area contributed by atoms with E-state index in [0.29, 0.717) is 12.6 Å². The van der Waals surface area contributed by atoms with E-state index in [4.69, 9.17) is 5.73 Å². The first-order valence-corrected chi connectivity index (χ1v) is 6.23. The molecular weight excluding hydrogens is 202 g/mol. The highest BCUT2D eigenvalue weighted by atomic mass is 16.2. The normalized spacial score (nSPS) is 22.4. The van der Waals surface area contributed by atoms with Crippen molar-refractivity contribution in [3.8, 4) is 0 Å². The highest BCUT2D eigenvalue weighted by Gasteiger charge is 2.28. The van der Waals surface area contributed by atoms with Gasteiger partial charge < -0.3 is 11.1 Å². The third kappa shape index (κ3) is 3.19. The molecule has 1 fully saturated rings. The van der Waals surface area contributed by atoms with Crippen LogP contribution < -0.4 is 11.1 Å². The van der Waals surface area contributed by atoms with Crippen molar-refractivity contribution in [3.63, 3.8) is 0 Å². The summed E-state index contributed by atoms with van der Waals surface area (Å²) in [7, 11) is 0. The van der Waals surface area contributed by atoms with Gasteiger partial charge in [0.05, 0.1) is 5.41 Å². The molecular formula is C12H25N3O. The maximum atomic E-state index is 11.8. The van der Waals surface area contributed by atoms with Crippen LogP contribution in [-0.2, 0) is 4.79 Å². The summed E-state index contributed by atoms with van der Waals surface area (Å²) in [5, 5.41) is 3.02. The Kier molecular flexibility index (Phi) is 4.74. The second-order valence-corrected chi connectivity index (χ2v) is 5.22. The summed E-state index contributed by atoms with van der Waals surface area (Å²) in [5.41, 5.74) is 5.12. The number of hydrogen-bond acceptors (Lipinski definition) is 3. The molecule has 0 spiro atoms. The first kappa shape index (κ1) is 13.5. The van der Waals surface area contributed by atoms with E-state index in [0.717, 1.165) is 19.6 Å². The van der Waals surface area contributed by atoms with E-state index < -0.39 is 5.41 Å². The molecule has 1 atom stereocenters. The molecule has 1 rings (SSSR count). The minimum atomic E-state index is -0.449. The molecule has 0 aromatic rings. The standard InChI is InChI=1S/C12H25N3O/c1-4-15-7-5-6-10(15)8-14-11(16)12(2,3)9-13/h10H,4-9,13H2,1-3H3,(H,14,16). The third-order valence-electron chi connectivity index (χ3n) is 3.53. The van der Waals surface area contributed by atoms with Crippen LogP contribution in [-0.4, -0.2) is 43.0 Å². The number of carbonyl (C=O) groups is 1. The zero-order valence-electron chi connectivity index (χ0n) is 10.8. The first-order chi connectivity index (χ1) is 7.51. The van der Waals surface area contributed by atoms with Crippen LogP contribution in [0.4, 0.5) is 0 Å². The fourth-order valence-electron chi connectivity index (χ4n) is 2.09. The Morgan fingerprint density at radius 3 is 2.81 bits per heavy atom. The second-order valence-electron chi connectivity index (χ2n) is 5.22. The topological polar surface area (TPSA) is 58.4 Å². The molecule has 1 aliphatic heterocycles. The van der Waals surface area contributed by atoms with E-state index in [9.17, 15) is 4.79 Å². The maximum Gasteiger partial charge on any atom is 0.226 e. The summed E-state index contributed by atoms with van der Waals surface area (Å²) in [6, 6.07) is 0.516. The van der Waals surface area contributed by atoms with Gasteiger partial charge in [-0.05, 0) is 39.8 Å². The number of carbonyl (C=O) groups excluding carboxylic acids is 1. The smallest absolute Gasteiger partial charge is 0.226 e. The summed E-state index contributed by atoms with van der Waals surface area (Å²) in [4.78, 5) is 14.3. The van der Waals surface area contributed by atoms with Crippen molar-refractivity contribution >= 4 is 5.91 Å². The lowest BCUT2D eigenvalue weighted by atomic mass is 9.92. The number of rotatable bonds is 5. The third-order valence-corrected chi connectivity index (χ3v) is 3.53. The van der Waals surface area contributed by atoms with Crippen LogP contribution in [0.3, 0.4) is 0 Å². The lowest BCUT2D eigenvalue weighted by Gasteiger charge is -2.26. The number of likely N-dealkylation sites (tertiary alicyclic amines) is 1. The molecule has 0 bridgehead atoms. The summed E-state index contributed by atoms with van der Waals surface area (Å²) in [6.07, 6.45) is 2.44. The fraction of sp³-hybridized carbons (Fsp3) is 0.917. The van der Waals surface area contributed by atoms with Gasteiger partial charge in [0.25, 0.3) is 0 Å². The van der Waals surface area contributed by atoms with Crippen LogP contribution in [0.2, 0.25) is 0 Å². The van der Waals surface area contributed by atoms with Gasteiger partial charge in [-0.3, -0.25) is 9.69 Å². The number of nitrogens with zero attached hydrogens (tertiary/aromatic N) is 1. The fourth-order valence-corrected chi connectivity index (χ4v) is 2.09. The second kappa shape index (κ2) is 5.64. The number of nitrogens with two attached hydrogens (primary N) is 1. The van der Waals surface area contributed by atoms with Crippen molar-refractivity contribution in [1.29, 1.82) is 0 Å². The molecule has 1 unspecified atom stereocenters. The van der Waals surface area contributed by atoms with E-state index in [2.05, 4.69) is 17.1 Å². The number of nitrogens with one attached hydrogen (secondary N) is 1. The Hall–Kier alpha value is -0.610. The molecule has 94 valence electrons. The van der Waals surface area contributed by atoms with Gasteiger partial charge in [0.2, 0.25) is 5.91 Å². The Morgan fingerprint density at radius 2 is 2.25 bits per heavy atom. The van der Waals surface area contributed by atoms with Gasteiger partial charge in [0.15, 0.2) is 0 Å². The van der Waals surface area contributed by atoms with Crippen LogP contribution in [0, 0.1) is 5.41 Å². The number of amides is 1. The van der Waals surface area contributed by atoms with E-state index in [1.807, 2.05) is 13.8 Å². The monoisotopic (exact) mass is 227 g/mol. The molecule has 0 aromatic heterocycles. The van der Waals surface area contributed by atoms with Crippen molar-refractivity contribution in [2.75, 3.05) is 26.2 Å². The largest absolute Gasteiger partial charge is 0.354 e. The predicted molar refractivity (Wildman–Crippen MR) is 66.1 cm³/mol. The highest BCUT2D eigenvalue weighted by molar-refractivity contribution is 5.82. The van der Waals surface area contributed by atoms with Gasteiger partial charge in [0.1, 0.15) is 0 Å². The van der Waals surface area contributed by atoms with Crippen molar-refractivity contribution < 1.29 is 4.79 Å². The van der Waals surface area contributed by atoms with Crippen LogP contribution in [0.25, 0.3) is 0 Å². The average molecular weight is 227 g/mol. The minimum absolute atomic E-state index is 0.0675. The quantitative estimate of drug-likeness (QED) is 0.722. The van der Waals surface area contributed by atoms with Crippen LogP contribution in [0.1, 0.15) is 33.6 Å². The Bertz CT molecular complexity index is 240. The number of hydrogen-bond donors (Lipinski definition) is 2. The molecule has 1 amide bonds. The molecule has 4 nitrogen and oxygen atoms in total. The van der Waals surface area contributed by atoms with Crippen LogP contribution >= 0.6 is 0 Å². The SMILES string of the molecule is CCN1CCCC1CNC(=O)C(C)(C)CN. The van der Waals surface area contributed by atoms with Crippen LogP contribution in [0.5, 0.6) is 0 Å². The molecule has 1 aliphatic rings. The minimum Gasteiger partial charge on any atom is -0.354 e. The van der Waals surface area contributed by atoms with Gasteiger partial charge in [0, 0.05) is 19.1 Å². The number of likely N-dealkylation sites (N-methyl/N-ethyl adjacent to an activating group) is 1. The van der Waals surface area contributed by atoms with Crippen molar-refractivity contribution in [2.45, 2.75) is 39.7 Å². The lowest BCUT2D eigenvalue weighted by Crippen LogP contribution is -2.46. The predicted octanol–water partition coefficient (Wildman–Crippen LogP) is 0.572. The highest BCUT2D eigenvalue weighted by Crippen LogP contribution is 2.17. The Morgan fingerprint density at radius 1 is 1.56 bits per heavy atom. The van der Waals surface area contributed by atoms with Gasteiger partial charge >= 0.3 is 0 Å². The Labute approximate surface area is 98.6 Å². The lowest BCUT2D eigenvalue weighted by molar-refractivity contribution is -0.129. The zero-order chi connectivity index (χ0) is 12.2. The maximum absolute atomic E-state index is 11.8. The first-order valence-electron chi connectivity index (χ1n) is 6.23. The Balaban J connectivity index is 2.37. The zero-order valence-corrected chi connectivity index (χ0v) is 10.8. The summed E-state index contributed by atoms with van der Waals surface area (Å²) >= 11 is 0. The summed E-state index contributed by atoms with van der Waals surface area (Å²) in [5.74, 6) is 0.0675. The molecule has 0 aliphatic carbocycles. The molecule has 16 heavy (non-hydrogen) atoms. The molecule has 0 saturated carbocycles. The van der Waals surface area contributed by atoms with Crippen molar-refractivity contribution in [1.82, 2.24) is 10.2 Å². The summed E-state index contributed by atoms with van der Waals surface area (Å²) in [6.45, 7) is 9.32. The van der Waals surface area contributed by atoms with Crippen LogP contribution in [0.15, 0.2) is 0 Å². The molecule has 3 N–H and O–H groups in total. The molecule has 4 heteroatoms. The molecule has 0 aromatic carbocycles. The van der Waals surface area contributed by atoms with E-state index in [-0.39, 0.29) is 5.91 Å². The van der Waals surface area contributed by atoms with Crippen molar-refractivity contribution in [3.05, 3.63) is 0 Å². The average Bonchev–Trinajstić information content (AvgIpc) is 2.72. The van der Waals surface area contributed by atoms with Gasteiger partial charge in [-0.25, -0.2) is 0 Å². The van der Waals surface area contributed by atoms with Gasteiger partial charge in [-0.2, -0.15) is 0 Å². The van der Waals surface area contributed by atoms with E-state index in [1.165, 1.54) is 12.8 Å².